The van der Waals surface area contributed by atoms with Gasteiger partial charge in [-0.15, -0.1) is 0 Å². The summed E-state index contributed by atoms with van der Waals surface area (Å²) >= 11 is 1.97. The summed E-state index contributed by atoms with van der Waals surface area (Å²) in [6, 6.07) is 7.74. The average molecular weight is 280 g/mol. The number of benzene rings is 1. The standard InChI is InChI=1S/C15H20O3S/c16-10-12-3-1-2-4-14(12)18-13-5-7-17-15(9-13)6-8-19-11-15/h1-4,13,16H,5-11H2. The first-order chi connectivity index (χ1) is 9.31. The lowest BCUT2D eigenvalue weighted by molar-refractivity contribution is -0.0961. The highest BCUT2D eigenvalue weighted by molar-refractivity contribution is 7.99. The van der Waals surface area contributed by atoms with Gasteiger partial charge in [-0.1, -0.05) is 18.2 Å². The van der Waals surface area contributed by atoms with E-state index in [2.05, 4.69) is 0 Å². The minimum Gasteiger partial charge on any atom is -0.490 e. The maximum absolute atomic E-state index is 9.34. The number of ether oxygens (including phenoxy) is 2. The van der Waals surface area contributed by atoms with Crippen molar-refractivity contribution in [2.75, 3.05) is 18.1 Å². The molecular weight excluding hydrogens is 260 g/mol. The van der Waals surface area contributed by atoms with Crippen molar-refractivity contribution in [2.45, 2.75) is 37.6 Å². The van der Waals surface area contributed by atoms with Gasteiger partial charge in [-0.05, 0) is 18.2 Å². The van der Waals surface area contributed by atoms with E-state index in [0.717, 1.165) is 42.9 Å². The molecule has 3 nitrogen and oxygen atoms in total. The molecule has 0 saturated carbocycles. The smallest absolute Gasteiger partial charge is 0.125 e. The highest BCUT2D eigenvalue weighted by Gasteiger charge is 2.41. The van der Waals surface area contributed by atoms with Crippen molar-refractivity contribution in [1.29, 1.82) is 0 Å². The van der Waals surface area contributed by atoms with Gasteiger partial charge in [0.1, 0.15) is 11.9 Å². The highest BCUT2D eigenvalue weighted by Crippen LogP contribution is 2.39. The first-order valence-electron chi connectivity index (χ1n) is 6.88. The molecule has 2 atom stereocenters. The quantitative estimate of drug-likeness (QED) is 0.924. The topological polar surface area (TPSA) is 38.7 Å². The van der Waals surface area contributed by atoms with Gasteiger partial charge in [0, 0.05) is 24.2 Å². The largest absolute Gasteiger partial charge is 0.490 e. The van der Waals surface area contributed by atoms with E-state index in [4.69, 9.17) is 9.47 Å². The lowest BCUT2D eigenvalue weighted by Crippen LogP contribution is -2.43. The maximum atomic E-state index is 9.34. The molecule has 0 radical (unpaired) electrons. The Morgan fingerprint density at radius 3 is 3.11 bits per heavy atom. The number of thioether (sulfide) groups is 1. The van der Waals surface area contributed by atoms with E-state index in [-0.39, 0.29) is 18.3 Å². The number of hydrogen-bond donors (Lipinski definition) is 1. The van der Waals surface area contributed by atoms with Crippen molar-refractivity contribution >= 4 is 11.8 Å². The molecule has 2 aliphatic rings. The Kier molecular flexibility index (Phi) is 4.01. The van der Waals surface area contributed by atoms with Crippen LogP contribution in [0.1, 0.15) is 24.8 Å². The molecule has 2 fully saturated rings. The van der Waals surface area contributed by atoms with E-state index >= 15 is 0 Å². The number of hydrogen-bond acceptors (Lipinski definition) is 4. The summed E-state index contributed by atoms with van der Waals surface area (Å²) in [5, 5.41) is 9.34. The summed E-state index contributed by atoms with van der Waals surface area (Å²) in [4.78, 5) is 0. The molecule has 1 spiro atoms. The van der Waals surface area contributed by atoms with Gasteiger partial charge in [0.25, 0.3) is 0 Å². The van der Waals surface area contributed by atoms with E-state index in [1.54, 1.807) is 0 Å². The predicted octanol–water partition coefficient (Wildman–Crippen LogP) is 2.61. The fourth-order valence-electron chi connectivity index (χ4n) is 2.88. The fourth-order valence-corrected chi connectivity index (χ4v) is 4.25. The van der Waals surface area contributed by atoms with Gasteiger partial charge in [-0.25, -0.2) is 0 Å². The Hall–Kier alpha value is -0.710. The molecule has 2 heterocycles. The number of aliphatic hydroxyl groups excluding tert-OH is 1. The molecule has 2 aliphatic heterocycles. The van der Waals surface area contributed by atoms with Crippen LogP contribution in [0.3, 0.4) is 0 Å². The zero-order valence-corrected chi connectivity index (χ0v) is 11.8. The third-order valence-corrected chi connectivity index (χ3v) is 5.17. The molecule has 1 aromatic carbocycles. The molecule has 1 N–H and O–H groups in total. The molecule has 0 aromatic heterocycles. The van der Waals surface area contributed by atoms with E-state index in [0.29, 0.717) is 0 Å². The summed E-state index contributed by atoms with van der Waals surface area (Å²) in [5.74, 6) is 3.10. The van der Waals surface area contributed by atoms with Gasteiger partial charge >= 0.3 is 0 Å². The number of para-hydroxylation sites is 1. The van der Waals surface area contributed by atoms with Gasteiger partial charge in [-0.3, -0.25) is 0 Å². The Labute approximate surface area is 118 Å². The molecule has 19 heavy (non-hydrogen) atoms. The van der Waals surface area contributed by atoms with E-state index in [1.165, 1.54) is 5.75 Å². The van der Waals surface area contributed by atoms with Gasteiger partial charge in [0.2, 0.25) is 0 Å². The fraction of sp³-hybridized carbons (Fsp3) is 0.600. The first kappa shape index (κ1) is 13.3. The van der Waals surface area contributed by atoms with Gasteiger partial charge in [-0.2, -0.15) is 11.8 Å². The Balaban J connectivity index is 1.69. The van der Waals surface area contributed by atoms with Crippen molar-refractivity contribution in [3.8, 4) is 5.75 Å². The monoisotopic (exact) mass is 280 g/mol. The van der Waals surface area contributed by atoms with Gasteiger partial charge < -0.3 is 14.6 Å². The summed E-state index contributed by atoms with van der Waals surface area (Å²) in [7, 11) is 0. The second-order valence-corrected chi connectivity index (χ2v) is 6.44. The van der Waals surface area contributed by atoms with Crippen LogP contribution in [0.2, 0.25) is 0 Å². The summed E-state index contributed by atoms with van der Waals surface area (Å²) < 4.78 is 12.1. The molecule has 0 bridgehead atoms. The van der Waals surface area contributed by atoms with E-state index in [9.17, 15) is 5.11 Å². The van der Waals surface area contributed by atoms with E-state index in [1.807, 2.05) is 36.0 Å². The minimum atomic E-state index is 0.0282. The molecule has 104 valence electrons. The summed E-state index contributed by atoms with van der Waals surface area (Å²) in [6.45, 7) is 0.812. The van der Waals surface area contributed by atoms with Crippen LogP contribution >= 0.6 is 11.8 Å². The Bertz CT molecular complexity index is 429. The van der Waals surface area contributed by atoms with Gasteiger partial charge in [0.15, 0.2) is 0 Å². The number of aliphatic hydroxyl groups is 1. The average Bonchev–Trinajstić information content (AvgIpc) is 2.87. The van der Waals surface area contributed by atoms with Crippen molar-refractivity contribution in [3.05, 3.63) is 29.8 Å². The van der Waals surface area contributed by atoms with E-state index < -0.39 is 0 Å². The zero-order chi connectivity index (χ0) is 13.1. The molecule has 1 aromatic rings. The Morgan fingerprint density at radius 2 is 2.32 bits per heavy atom. The summed E-state index contributed by atoms with van der Waals surface area (Å²) in [5.41, 5.74) is 0.908. The second-order valence-electron chi connectivity index (χ2n) is 5.33. The van der Waals surface area contributed by atoms with Gasteiger partial charge in [0.05, 0.1) is 18.8 Å². The predicted molar refractivity (Wildman–Crippen MR) is 76.6 cm³/mol. The van der Waals surface area contributed by atoms with Crippen LogP contribution in [0.15, 0.2) is 24.3 Å². The molecule has 2 saturated heterocycles. The minimum absolute atomic E-state index is 0.0282. The van der Waals surface area contributed by atoms with Crippen molar-refractivity contribution < 1.29 is 14.6 Å². The van der Waals surface area contributed by atoms with Crippen LogP contribution in [-0.4, -0.2) is 34.9 Å². The Morgan fingerprint density at radius 1 is 1.42 bits per heavy atom. The van der Waals surface area contributed by atoms with Crippen LogP contribution in [0.25, 0.3) is 0 Å². The molecule has 4 heteroatoms. The van der Waals surface area contributed by atoms with Crippen LogP contribution < -0.4 is 4.74 Å². The maximum Gasteiger partial charge on any atom is 0.125 e. The van der Waals surface area contributed by atoms with Crippen molar-refractivity contribution in [3.63, 3.8) is 0 Å². The molecule has 0 amide bonds. The highest BCUT2D eigenvalue weighted by atomic mass is 32.2. The molecule has 0 aliphatic carbocycles. The third-order valence-electron chi connectivity index (χ3n) is 3.95. The molecule has 3 rings (SSSR count). The lowest BCUT2D eigenvalue weighted by Gasteiger charge is -2.37. The van der Waals surface area contributed by atoms with Crippen molar-refractivity contribution in [1.82, 2.24) is 0 Å². The van der Waals surface area contributed by atoms with Crippen molar-refractivity contribution in [2.24, 2.45) is 0 Å². The normalized spacial score (nSPS) is 30.7. The summed E-state index contributed by atoms with van der Waals surface area (Å²) in [6.07, 6.45) is 3.26. The first-order valence-corrected chi connectivity index (χ1v) is 8.04. The van der Waals surface area contributed by atoms with Crippen LogP contribution in [0.5, 0.6) is 5.75 Å². The van der Waals surface area contributed by atoms with Crippen LogP contribution in [0.4, 0.5) is 0 Å². The number of rotatable bonds is 3. The van der Waals surface area contributed by atoms with Crippen LogP contribution in [0, 0.1) is 0 Å². The van der Waals surface area contributed by atoms with Crippen LogP contribution in [-0.2, 0) is 11.3 Å². The second kappa shape index (κ2) is 5.73. The molecular formula is C15H20O3S. The SMILES string of the molecule is OCc1ccccc1OC1CCOC2(CCSC2)C1. The lowest BCUT2D eigenvalue weighted by atomic mass is 9.91. The zero-order valence-electron chi connectivity index (χ0n) is 11.0. The third kappa shape index (κ3) is 2.91. The molecule has 2 unspecified atom stereocenters.